The van der Waals surface area contributed by atoms with E-state index in [2.05, 4.69) is 13.8 Å². The first-order valence-electron chi connectivity index (χ1n) is 5.00. The van der Waals surface area contributed by atoms with Crippen LogP contribution >= 0.6 is 0 Å². The molecule has 0 amide bonds. The van der Waals surface area contributed by atoms with Crippen LogP contribution in [0.3, 0.4) is 0 Å². The van der Waals surface area contributed by atoms with Crippen LogP contribution in [0.4, 0.5) is 0 Å². The molecular formula is C12H18O2. The van der Waals surface area contributed by atoms with Crippen molar-refractivity contribution in [3.63, 3.8) is 0 Å². The Morgan fingerprint density at radius 1 is 1.21 bits per heavy atom. The second-order valence-corrected chi connectivity index (χ2v) is 4.10. The summed E-state index contributed by atoms with van der Waals surface area (Å²) >= 11 is 0. The summed E-state index contributed by atoms with van der Waals surface area (Å²) in [5.41, 5.74) is 2.02. The number of hydrogen-bond donors (Lipinski definition) is 2. The maximum absolute atomic E-state index is 9.55. The van der Waals surface area contributed by atoms with E-state index in [0.717, 1.165) is 5.56 Å². The molecular weight excluding hydrogens is 176 g/mol. The Kier molecular flexibility index (Phi) is 3.53. The van der Waals surface area contributed by atoms with Crippen LogP contribution < -0.4 is 0 Å². The van der Waals surface area contributed by atoms with Crippen LogP contribution in [-0.4, -0.2) is 16.3 Å². The topological polar surface area (TPSA) is 40.5 Å². The van der Waals surface area contributed by atoms with E-state index in [1.807, 2.05) is 12.1 Å². The van der Waals surface area contributed by atoms with E-state index in [4.69, 9.17) is 0 Å². The fourth-order valence-electron chi connectivity index (χ4n) is 1.45. The Labute approximate surface area is 85.2 Å². The molecule has 0 aliphatic rings. The minimum atomic E-state index is -0.414. The molecule has 1 unspecified atom stereocenters. The van der Waals surface area contributed by atoms with E-state index in [-0.39, 0.29) is 5.75 Å². The second kappa shape index (κ2) is 4.47. The SMILES string of the molecule is CC(O)Cc1cc(C(C)C)ccc1O. The van der Waals surface area contributed by atoms with Crippen molar-refractivity contribution in [1.82, 2.24) is 0 Å². The van der Waals surface area contributed by atoms with Gasteiger partial charge in [-0.3, -0.25) is 0 Å². The van der Waals surface area contributed by atoms with Gasteiger partial charge in [0.05, 0.1) is 6.10 Å². The lowest BCUT2D eigenvalue weighted by Crippen LogP contribution is -2.05. The van der Waals surface area contributed by atoms with Crippen molar-refractivity contribution in [2.24, 2.45) is 0 Å². The number of aliphatic hydroxyl groups is 1. The molecule has 1 rings (SSSR count). The molecule has 1 atom stereocenters. The zero-order valence-corrected chi connectivity index (χ0v) is 8.99. The van der Waals surface area contributed by atoms with Gasteiger partial charge in [0.25, 0.3) is 0 Å². The zero-order valence-electron chi connectivity index (χ0n) is 8.99. The summed E-state index contributed by atoms with van der Waals surface area (Å²) in [5, 5.41) is 18.8. The van der Waals surface area contributed by atoms with E-state index < -0.39 is 6.10 Å². The number of hydrogen-bond acceptors (Lipinski definition) is 2. The van der Waals surface area contributed by atoms with Crippen molar-refractivity contribution < 1.29 is 10.2 Å². The van der Waals surface area contributed by atoms with Gasteiger partial charge in [0.15, 0.2) is 0 Å². The highest BCUT2D eigenvalue weighted by molar-refractivity contribution is 5.37. The fraction of sp³-hybridized carbons (Fsp3) is 0.500. The lowest BCUT2D eigenvalue weighted by Gasteiger charge is -2.11. The monoisotopic (exact) mass is 194 g/mol. The second-order valence-electron chi connectivity index (χ2n) is 4.10. The van der Waals surface area contributed by atoms with Crippen molar-refractivity contribution in [2.75, 3.05) is 0 Å². The van der Waals surface area contributed by atoms with Gasteiger partial charge < -0.3 is 10.2 Å². The Morgan fingerprint density at radius 3 is 2.36 bits per heavy atom. The van der Waals surface area contributed by atoms with E-state index in [1.165, 1.54) is 5.56 Å². The normalized spacial score (nSPS) is 13.2. The molecule has 0 radical (unpaired) electrons. The van der Waals surface area contributed by atoms with E-state index >= 15 is 0 Å². The summed E-state index contributed by atoms with van der Waals surface area (Å²) in [4.78, 5) is 0. The van der Waals surface area contributed by atoms with Gasteiger partial charge in [-0.2, -0.15) is 0 Å². The maximum atomic E-state index is 9.55. The van der Waals surface area contributed by atoms with Crippen molar-refractivity contribution in [3.05, 3.63) is 29.3 Å². The Morgan fingerprint density at radius 2 is 1.86 bits per heavy atom. The van der Waals surface area contributed by atoms with Crippen LogP contribution in [0, 0.1) is 0 Å². The Balaban J connectivity index is 2.96. The average Bonchev–Trinajstić information content (AvgIpc) is 2.07. The average molecular weight is 194 g/mol. The molecule has 0 heterocycles. The highest BCUT2D eigenvalue weighted by Crippen LogP contribution is 2.24. The third-order valence-electron chi connectivity index (χ3n) is 2.29. The first-order valence-corrected chi connectivity index (χ1v) is 5.00. The quantitative estimate of drug-likeness (QED) is 0.776. The number of benzene rings is 1. The highest BCUT2D eigenvalue weighted by Gasteiger charge is 2.07. The van der Waals surface area contributed by atoms with Gasteiger partial charge in [0, 0.05) is 6.42 Å². The minimum absolute atomic E-state index is 0.273. The van der Waals surface area contributed by atoms with E-state index in [0.29, 0.717) is 12.3 Å². The third-order valence-corrected chi connectivity index (χ3v) is 2.29. The number of rotatable bonds is 3. The van der Waals surface area contributed by atoms with Crippen LogP contribution in [0.25, 0.3) is 0 Å². The van der Waals surface area contributed by atoms with Crippen molar-refractivity contribution in [1.29, 1.82) is 0 Å². The first-order chi connectivity index (χ1) is 6.50. The lowest BCUT2D eigenvalue weighted by atomic mass is 9.98. The van der Waals surface area contributed by atoms with Crippen LogP contribution in [0.2, 0.25) is 0 Å². The van der Waals surface area contributed by atoms with Crippen LogP contribution in [-0.2, 0) is 6.42 Å². The largest absolute Gasteiger partial charge is 0.508 e. The van der Waals surface area contributed by atoms with Crippen LogP contribution in [0.15, 0.2) is 18.2 Å². The summed E-state index contributed by atoms with van der Waals surface area (Å²) < 4.78 is 0. The summed E-state index contributed by atoms with van der Waals surface area (Å²) in [6.45, 7) is 5.94. The summed E-state index contributed by atoms with van der Waals surface area (Å²) in [7, 11) is 0. The maximum Gasteiger partial charge on any atom is 0.118 e. The molecule has 1 aromatic rings. The lowest BCUT2D eigenvalue weighted by molar-refractivity contribution is 0.194. The van der Waals surface area contributed by atoms with Gasteiger partial charge in [0.1, 0.15) is 5.75 Å². The van der Waals surface area contributed by atoms with Crippen molar-refractivity contribution in [2.45, 2.75) is 39.2 Å². The van der Waals surface area contributed by atoms with E-state index in [1.54, 1.807) is 13.0 Å². The molecule has 0 aliphatic heterocycles. The first kappa shape index (κ1) is 11.1. The highest BCUT2D eigenvalue weighted by atomic mass is 16.3. The van der Waals surface area contributed by atoms with Gasteiger partial charge >= 0.3 is 0 Å². The van der Waals surface area contributed by atoms with Gasteiger partial charge in [-0.05, 0) is 30.0 Å². The fourth-order valence-corrected chi connectivity index (χ4v) is 1.45. The molecule has 0 spiro atoms. The molecule has 0 saturated carbocycles. The molecule has 0 saturated heterocycles. The predicted octanol–water partition coefficient (Wildman–Crippen LogP) is 2.44. The minimum Gasteiger partial charge on any atom is -0.508 e. The number of phenols is 1. The molecule has 14 heavy (non-hydrogen) atoms. The summed E-state index contributed by atoms with van der Waals surface area (Å²) in [5.74, 6) is 0.721. The predicted molar refractivity (Wildman–Crippen MR) is 57.6 cm³/mol. The molecule has 2 heteroatoms. The Bertz CT molecular complexity index is 303. The van der Waals surface area contributed by atoms with Crippen molar-refractivity contribution >= 4 is 0 Å². The van der Waals surface area contributed by atoms with Gasteiger partial charge in [-0.25, -0.2) is 0 Å². The summed E-state index contributed by atoms with van der Waals surface area (Å²) in [6, 6.07) is 5.59. The molecule has 1 aromatic carbocycles. The zero-order chi connectivity index (χ0) is 10.7. The van der Waals surface area contributed by atoms with Crippen molar-refractivity contribution in [3.8, 4) is 5.75 Å². The number of aliphatic hydroxyl groups excluding tert-OH is 1. The molecule has 78 valence electrons. The molecule has 0 fully saturated rings. The molecule has 0 aliphatic carbocycles. The Hall–Kier alpha value is -1.02. The van der Waals surface area contributed by atoms with Gasteiger partial charge in [0.2, 0.25) is 0 Å². The summed E-state index contributed by atoms with van der Waals surface area (Å²) in [6.07, 6.45) is 0.0927. The molecule has 2 nitrogen and oxygen atoms in total. The van der Waals surface area contributed by atoms with Gasteiger partial charge in [-0.15, -0.1) is 0 Å². The number of aromatic hydroxyl groups is 1. The smallest absolute Gasteiger partial charge is 0.118 e. The molecule has 0 bridgehead atoms. The van der Waals surface area contributed by atoms with Gasteiger partial charge in [-0.1, -0.05) is 26.0 Å². The van der Waals surface area contributed by atoms with Crippen LogP contribution in [0.1, 0.15) is 37.8 Å². The van der Waals surface area contributed by atoms with E-state index in [9.17, 15) is 10.2 Å². The number of phenolic OH excluding ortho intramolecular Hbond substituents is 1. The third kappa shape index (κ3) is 2.74. The molecule has 0 aromatic heterocycles. The molecule has 2 N–H and O–H groups in total. The van der Waals surface area contributed by atoms with Crippen LogP contribution in [0.5, 0.6) is 5.75 Å². The standard InChI is InChI=1S/C12H18O2/c1-8(2)10-4-5-12(14)11(7-10)6-9(3)13/h4-5,7-9,13-14H,6H2,1-3H3.